The monoisotopic (exact) mass is 251 g/mol. The van der Waals surface area contributed by atoms with Crippen molar-refractivity contribution in [2.24, 2.45) is 0 Å². The molecule has 2 saturated heterocycles. The average molecular weight is 251 g/mol. The van der Waals surface area contributed by atoms with Crippen LogP contribution in [0.3, 0.4) is 0 Å². The number of aromatic nitrogens is 1. The Morgan fingerprint density at radius 3 is 2.94 bits per heavy atom. The average Bonchev–Trinajstić information content (AvgIpc) is 2.84. The van der Waals surface area contributed by atoms with Crippen molar-refractivity contribution in [3.05, 3.63) is 30.1 Å². The SMILES string of the molecule is CO[C@@H]1C[C@H](OCc2ccncc2)[C@H]2CO[C@@H]1O2. The summed E-state index contributed by atoms with van der Waals surface area (Å²) >= 11 is 0. The molecule has 0 aromatic carbocycles. The molecule has 1 aromatic rings. The van der Waals surface area contributed by atoms with Crippen molar-refractivity contribution in [3.8, 4) is 0 Å². The molecule has 2 aliphatic heterocycles. The van der Waals surface area contributed by atoms with Gasteiger partial charge in [0, 0.05) is 25.9 Å². The highest BCUT2D eigenvalue weighted by atomic mass is 16.7. The van der Waals surface area contributed by atoms with Crippen LogP contribution >= 0.6 is 0 Å². The van der Waals surface area contributed by atoms with Crippen LogP contribution in [0.4, 0.5) is 0 Å². The Morgan fingerprint density at radius 2 is 2.17 bits per heavy atom. The smallest absolute Gasteiger partial charge is 0.184 e. The van der Waals surface area contributed by atoms with Crippen LogP contribution in [-0.2, 0) is 25.6 Å². The van der Waals surface area contributed by atoms with E-state index in [1.54, 1.807) is 19.5 Å². The number of methoxy groups -OCH3 is 1. The molecule has 5 nitrogen and oxygen atoms in total. The lowest BCUT2D eigenvalue weighted by atomic mass is 10.0. The lowest BCUT2D eigenvalue weighted by molar-refractivity contribution is -0.200. The van der Waals surface area contributed by atoms with E-state index in [4.69, 9.17) is 18.9 Å². The molecule has 2 fully saturated rings. The molecular formula is C13H17NO4. The number of hydrogen-bond acceptors (Lipinski definition) is 5. The molecular weight excluding hydrogens is 234 g/mol. The van der Waals surface area contributed by atoms with Crippen molar-refractivity contribution >= 4 is 0 Å². The zero-order valence-electron chi connectivity index (χ0n) is 10.3. The Balaban J connectivity index is 1.59. The predicted molar refractivity (Wildman–Crippen MR) is 62.8 cm³/mol. The van der Waals surface area contributed by atoms with Crippen LogP contribution in [0.1, 0.15) is 12.0 Å². The van der Waals surface area contributed by atoms with Crippen molar-refractivity contribution < 1.29 is 18.9 Å². The van der Waals surface area contributed by atoms with Gasteiger partial charge in [-0.05, 0) is 17.7 Å². The third kappa shape index (κ3) is 2.40. The zero-order valence-corrected chi connectivity index (χ0v) is 10.3. The lowest BCUT2D eigenvalue weighted by Crippen LogP contribution is -2.44. The summed E-state index contributed by atoms with van der Waals surface area (Å²) in [5.74, 6) is 0. The third-order valence-corrected chi connectivity index (χ3v) is 3.43. The summed E-state index contributed by atoms with van der Waals surface area (Å²) in [7, 11) is 1.68. The first-order valence-corrected chi connectivity index (χ1v) is 6.17. The Morgan fingerprint density at radius 1 is 1.33 bits per heavy atom. The summed E-state index contributed by atoms with van der Waals surface area (Å²) < 4.78 is 22.5. The van der Waals surface area contributed by atoms with Crippen LogP contribution in [0, 0.1) is 0 Å². The van der Waals surface area contributed by atoms with Gasteiger partial charge in [-0.25, -0.2) is 0 Å². The fourth-order valence-corrected chi connectivity index (χ4v) is 2.39. The largest absolute Gasteiger partial charge is 0.376 e. The van der Waals surface area contributed by atoms with E-state index in [1.165, 1.54) is 0 Å². The van der Waals surface area contributed by atoms with Crippen LogP contribution in [-0.4, -0.2) is 43.3 Å². The van der Waals surface area contributed by atoms with Crippen LogP contribution in [0.5, 0.6) is 0 Å². The highest BCUT2D eigenvalue weighted by molar-refractivity contribution is 5.08. The number of hydrogen-bond donors (Lipinski definition) is 0. The minimum atomic E-state index is -0.222. The Kier molecular flexibility index (Phi) is 3.56. The summed E-state index contributed by atoms with van der Waals surface area (Å²) in [5.41, 5.74) is 1.11. The fourth-order valence-electron chi connectivity index (χ4n) is 2.39. The Hall–Kier alpha value is -1.01. The van der Waals surface area contributed by atoms with Crippen LogP contribution < -0.4 is 0 Å². The molecule has 0 radical (unpaired) electrons. The molecule has 5 heteroatoms. The van der Waals surface area contributed by atoms with Crippen molar-refractivity contribution in [1.82, 2.24) is 4.98 Å². The number of ether oxygens (including phenoxy) is 4. The minimum Gasteiger partial charge on any atom is -0.376 e. The quantitative estimate of drug-likeness (QED) is 0.802. The maximum absolute atomic E-state index is 5.92. The lowest BCUT2D eigenvalue weighted by Gasteiger charge is -2.32. The first kappa shape index (κ1) is 12.0. The third-order valence-electron chi connectivity index (χ3n) is 3.43. The van der Waals surface area contributed by atoms with E-state index in [1.807, 2.05) is 12.1 Å². The van der Waals surface area contributed by atoms with Crippen LogP contribution in [0.25, 0.3) is 0 Å². The van der Waals surface area contributed by atoms with Gasteiger partial charge in [0.05, 0.1) is 19.3 Å². The second-order valence-electron chi connectivity index (χ2n) is 4.59. The molecule has 3 heterocycles. The summed E-state index contributed by atoms with van der Waals surface area (Å²) in [6.45, 7) is 1.15. The Bertz CT molecular complexity index is 386. The predicted octanol–water partition coefficient (Wildman–Crippen LogP) is 1.13. The van der Waals surface area contributed by atoms with Crippen molar-refractivity contribution in [2.75, 3.05) is 13.7 Å². The van der Waals surface area contributed by atoms with Gasteiger partial charge in [-0.1, -0.05) is 0 Å². The first-order chi connectivity index (χ1) is 8.86. The molecule has 0 aliphatic carbocycles. The van der Waals surface area contributed by atoms with E-state index in [0.29, 0.717) is 13.2 Å². The van der Waals surface area contributed by atoms with Crippen LogP contribution in [0.15, 0.2) is 24.5 Å². The number of rotatable bonds is 4. The summed E-state index contributed by atoms with van der Waals surface area (Å²) in [6, 6.07) is 3.90. The van der Waals surface area contributed by atoms with Crippen LogP contribution in [0.2, 0.25) is 0 Å². The van der Waals surface area contributed by atoms with E-state index < -0.39 is 0 Å². The number of pyridine rings is 1. The highest BCUT2D eigenvalue weighted by Gasteiger charge is 2.44. The first-order valence-electron chi connectivity index (χ1n) is 6.17. The van der Waals surface area contributed by atoms with Gasteiger partial charge in [0.25, 0.3) is 0 Å². The number of nitrogens with zero attached hydrogens (tertiary/aromatic N) is 1. The van der Waals surface area contributed by atoms with Crippen molar-refractivity contribution in [2.45, 2.75) is 37.6 Å². The van der Waals surface area contributed by atoms with Gasteiger partial charge >= 0.3 is 0 Å². The summed E-state index contributed by atoms with van der Waals surface area (Å²) in [4.78, 5) is 3.98. The van der Waals surface area contributed by atoms with E-state index in [9.17, 15) is 0 Å². The number of fused-ring (bicyclic) bond motifs is 2. The molecule has 0 saturated carbocycles. The van der Waals surface area contributed by atoms with E-state index in [2.05, 4.69) is 4.98 Å². The second kappa shape index (κ2) is 5.32. The maximum atomic E-state index is 5.92. The normalized spacial score (nSPS) is 34.7. The summed E-state index contributed by atoms with van der Waals surface area (Å²) in [6.07, 6.45) is 4.15. The molecule has 0 amide bonds. The van der Waals surface area contributed by atoms with Gasteiger partial charge in [0.1, 0.15) is 12.2 Å². The molecule has 3 rings (SSSR count). The zero-order chi connectivity index (χ0) is 12.4. The van der Waals surface area contributed by atoms with E-state index >= 15 is 0 Å². The molecule has 2 aliphatic rings. The molecule has 18 heavy (non-hydrogen) atoms. The van der Waals surface area contributed by atoms with E-state index in [0.717, 1.165) is 12.0 Å². The molecule has 98 valence electrons. The molecule has 4 atom stereocenters. The maximum Gasteiger partial charge on any atom is 0.184 e. The topological polar surface area (TPSA) is 49.8 Å². The van der Waals surface area contributed by atoms with Gasteiger partial charge in [0.15, 0.2) is 6.29 Å². The highest BCUT2D eigenvalue weighted by Crippen LogP contribution is 2.31. The van der Waals surface area contributed by atoms with Gasteiger partial charge in [-0.2, -0.15) is 0 Å². The Labute approximate surface area is 106 Å². The fraction of sp³-hybridized carbons (Fsp3) is 0.615. The molecule has 0 N–H and O–H groups in total. The van der Waals surface area contributed by atoms with Gasteiger partial charge in [-0.15, -0.1) is 0 Å². The minimum absolute atomic E-state index is 0.0295. The summed E-state index contributed by atoms with van der Waals surface area (Å²) in [5, 5.41) is 0. The molecule has 1 aromatic heterocycles. The molecule has 0 spiro atoms. The van der Waals surface area contributed by atoms with Crippen molar-refractivity contribution in [1.29, 1.82) is 0 Å². The molecule has 2 bridgehead atoms. The van der Waals surface area contributed by atoms with Gasteiger partial charge < -0.3 is 18.9 Å². The molecule has 0 unspecified atom stereocenters. The van der Waals surface area contributed by atoms with E-state index in [-0.39, 0.29) is 24.6 Å². The van der Waals surface area contributed by atoms with Gasteiger partial charge in [-0.3, -0.25) is 4.98 Å². The van der Waals surface area contributed by atoms with Crippen molar-refractivity contribution in [3.63, 3.8) is 0 Å². The standard InChI is InChI=1S/C13H17NO4/c1-15-11-6-10(12-8-17-13(11)18-12)16-7-9-2-4-14-5-3-9/h2-5,10-13H,6-8H2,1H3/t10-,11+,12+,13+/m0/s1. The second-order valence-corrected chi connectivity index (χ2v) is 4.59. The van der Waals surface area contributed by atoms with Gasteiger partial charge in [0.2, 0.25) is 0 Å².